The average molecular weight is 397 g/mol. The van der Waals surface area contributed by atoms with E-state index in [1.807, 2.05) is 0 Å². The summed E-state index contributed by atoms with van der Waals surface area (Å²) in [6, 6.07) is 8.17. The fourth-order valence-corrected chi connectivity index (χ4v) is 2.17. The van der Waals surface area contributed by atoms with E-state index in [0.29, 0.717) is 11.8 Å². The normalized spacial score (nSPS) is 13.4. The van der Waals surface area contributed by atoms with E-state index in [1.54, 1.807) is 18.2 Å². The topological polar surface area (TPSA) is 79.1 Å². The van der Waals surface area contributed by atoms with E-state index < -0.39 is 52.4 Å². The number of hydrogen-bond donors (Lipinski definition) is 2. The Hall–Kier alpha value is -3.20. The van der Waals surface area contributed by atoms with E-state index in [2.05, 4.69) is 4.99 Å². The van der Waals surface area contributed by atoms with Gasteiger partial charge in [-0.3, -0.25) is 4.99 Å². The maximum Gasteiger partial charge on any atom is 0.343 e. The van der Waals surface area contributed by atoms with Crippen molar-refractivity contribution in [3.05, 3.63) is 76.4 Å². The van der Waals surface area contributed by atoms with Crippen molar-refractivity contribution in [3.8, 4) is 0 Å². The van der Waals surface area contributed by atoms with Crippen molar-refractivity contribution in [3.63, 3.8) is 0 Å². The maximum atomic E-state index is 13.9. The number of rotatable bonds is 6. The summed E-state index contributed by atoms with van der Waals surface area (Å²) in [5, 5.41) is 20.2. The minimum Gasteiger partial charge on any atom is -0.506 e. The highest BCUT2D eigenvalue weighted by Gasteiger charge is 2.25. The zero-order valence-corrected chi connectivity index (χ0v) is 14.5. The van der Waals surface area contributed by atoms with Gasteiger partial charge in [0.2, 0.25) is 0 Å². The number of aliphatic hydroxyl groups excluding tert-OH is 2. The van der Waals surface area contributed by atoms with E-state index in [0.717, 1.165) is 0 Å². The quantitative estimate of drug-likeness (QED) is 0.148. The van der Waals surface area contributed by atoms with Crippen LogP contribution in [0.4, 0.5) is 17.6 Å². The van der Waals surface area contributed by atoms with E-state index in [1.165, 1.54) is 19.1 Å². The largest absolute Gasteiger partial charge is 0.506 e. The Balaban J connectivity index is 2.53. The van der Waals surface area contributed by atoms with E-state index in [-0.39, 0.29) is 12.7 Å². The third kappa shape index (κ3) is 4.55. The second-order valence-electron chi connectivity index (χ2n) is 5.39. The molecule has 1 atom stereocenters. The van der Waals surface area contributed by atoms with Gasteiger partial charge in [-0.1, -0.05) is 30.3 Å². The fraction of sp³-hybridized carbons (Fsp3) is 0.158. The summed E-state index contributed by atoms with van der Waals surface area (Å²) < 4.78 is 58.6. The molecule has 0 radical (unpaired) electrons. The van der Waals surface area contributed by atoms with Crippen LogP contribution in [0.25, 0.3) is 5.76 Å². The molecule has 2 aromatic rings. The minimum atomic E-state index is -2.16. The van der Waals surface area contributed by atoms with Gasteiger partial charge in [0.25, 0.3) is 0 Å². The number of carbonyl (C=O) groups is 1. The maximum absolute atomic E-state index is 13.9. The van der Waals surface area contributed by atoms with Crippen molar-refractivity contribution in [2.45, 2.75) is 13.2 Å². The number of carbonyl (C=O) groups excluding carboxylic acids is 1. The molecule has 28 heavy (non-hydrogen) atoms. The number of ether oxygens (including phenoxy) is 1. The molecule has 0 fully saturated rings. The second-order valence-corrected chi connectivity index (χ2v) is 5.39. The van der Waals surface area contributed by atoms with Gasteiger partial charge in [-0.2, -0.15) is 0 Å². The molecule has 0 bridgehead atoms. The van der Waals surface area contributed by atoms with Gasteiger partial charge in [-0.05, 0) is 13.0 Å². The molecule has 5 nitrogen and oxygen atoms in total. The van der Waals surface area contributed by atoms with Crippen LogP contribution in [-0.2, 0) is 9.53 Å². The molecule has 2 aromatic carbocycles. The van der Waals surface area contributed by atoms with Crippen LogP contribution >= 0.6 is 0 Å². The first kappa shape index (κ1) is 21.1. The number of halogens is 4. The standard InChI is InChI=1S/C19H15F4NO4/c1-2-28-19(27)12(9-24-18(26)10-6-4-3-5-7-10)17(25)11-8-13(20)15(22)16(23)14(11)21/h3-9,18,25-26H,2H2,1H3/b17-12+,24-9+. The molecule has 0 aliphatic carbocycles. The van der Waals surface area contributed by atoms with Crippen LogP contribution in [0.1, 0.15) is 24.3 Å². The molecule has 0 saturated carbocycles. The third-order valence-corrected chi connectivity index (χ3v) is 3.55. The first-order chi connectivity index (χ1) is 13.3. The van der Waals surface area contributed by atoms with Gasteiger partial charge in [0.15, 0.2) is 29.5 Å². The Labute approximate surface area is 157 Å². The molecule has 9 heteroatoms. The van der Waals surface area contributed by atoms with Gasteiger partial charge in [-0.25, -0.2) is 22.4 Å². The van der Waals surface area contributed by atoms with Crippen LogP contribution in [0.15, 0.2) is 47.0 Å². The lowest BCUT2D eigenvalue weighted by Crippen LogP contribution is -2.13. The van der Waals surface area contributed by atoms with Gasteiger partial charge in [0, 0.05) is 11.8 Å². The Morgan fingerprint density at radius 1 is 1.14 bits per heavy atom. The van der Waals surface area contributed by atoms with Crippen LogP contribution in [0.2, 0.25) is 0 Å². The van der Waals surface area contributed by atoms with Crippen LogP contribution in [0.5, 0.6) is 0 Å². The minimum absolute atomic E-state index is 0.140. The van der Waals surface area contributed by atoms with Gasteiger partial charge >= 0.3 is 5.97 Å². The van der Waals surface area contributed by atoms with Crippen molar-refractivity contribution in [1.82, 2.24) is 0 Å². The van der Waals surface area contributed by atoms with Crippen LogP contribution in [0.3, 0.4) is 0 Å². The molecule has 0 heterocycles. The molecule has 0 aromatic heterocycles. The van der Waals surface area contributed by atoms with Crippen molar-refractivity contribution in [2.24, 2.45) is 4.99 Å². The average Bonchev–Trinajstić information content (AvgIpc) is 2.69. The highest BCUT2D eigenvalue weighted by molar-refractivity contribution is 6.15. The molecule has 1 unspecified atom stereocenters. The van der Waals surface area contributed by atoms with Crippen molar-refractivity contribution in [2.75, 3.05) is 6.61 Å². The number of aliphatic imine (C=N–C) groups is 1. The summed E-state index contributed by atoms with van der Waals surface area (Å²) in [5.74, 6) is -10.3. The first-order valence-electron chi connectivity index (χ1n) is 7.97. The van der Waals surface area contributed by atoms with Crippen molar-refractivity contribution >= 4 is 17.9 Å². The number of aliphatic hydroxyl groups is 2. The van der Waals surface area contributed by atoms with E-state index in [4.69, 9.17) is 4.74 Å². The van der Waals surface area contributed by atoms with Crippen LogP contribution in [0, 0.1) is 23.3 Å². The van der Waals surface area contributed by atoms with E-state index in [9.17, 15) is 32.6 Å². The lowest BCUT2D eigenvalue weighted by Gasteiger charge is -2.10. The highest BCUT2D eigenvalue weighted by Crippen LogP contribution is 2.26. The molecule has 0 aliphatic heterocycles. The predicted octanol–water partition coefficient (Wildman–Crippen LogP) is 3.84. The molecular weight excluding hydrogens is 382 g/mol. The predicted molar refractivity (Wildman–Crippen MR) is 92.3 cm³/mol. The van der Waals surface area contributed by atoms with E-state index >= 15 is 0 Å². The molecule has 0 spiro atoms. The molecule has 2 N–H and O–H groups in total. The molecular formula is C19H15F4NO4. The SMILES string of the molecule is CCOC(=O)C(/C=N/C(O)c1ccccc1)=C(/O)c1cc(F)c(F)c(F)c1F. The molecule has 2 rings (SSSR count). The number of esters is 1. The summed E-state index contributed by atoms with van der Waals surface area (Å²) in [6.45, 7) is 1.31. The third-order valence-electron chi connectivity index (χ3n) is 3.55. The Morgan fingerprint density at radius 2 is 1.79 bits per heavy atom. The summed E-state index contributed by atoms with van der Waals surface area (Å²) >= 11 is 0. The summed E-state index contributed by atoms with van der Waals surface area (Å²) in [7, 11) is 0. The van der Waals surface area contributed by atoms with Crippen LogP contribution < -0.4 is 0 Å². The van der Waals surface area contributed by atoms with Crippen LogP contribution in [-0.4, -0.2) is 29.0 Å². The summed E-state index contributed by atoms with van der Waals surface area (Å²) in [5.41, 5.74) is -1.56. The lowest BCUT2D eigenvalue weighted by molar-refractivity contribution is -0.137. The van der Waals surface area contributed by atoms with Gasteiger partial charge in [0.05, 0.1) is 12.2 Å². The van der Waals surface area contributed by atoms with Gasteiger partial charge < -0.3 is 14.9 Å². The summed E-state index contributed by atoms with van der Waals surface area (Å²) in [4.78, 5) is 15.7. The Bertz CT molecular complexity index is 929. The molecule has 0 amide bonds. The highest BCUT2D eigenvalue weighted by atomic mass is 19.2. The lowest BCUT2D eigenvalue weighted by atomic mass is 10.1. The molecule has 0 saturated heterocycles. The monoisotopic (exact) mass is 397 g/mol. The number of benzene rings is 2. The number of hydrogen-bond acceptors (Lipinski definition) is 5. The van der Waals surface area contributed by atoms with Crippen molar-refractivity contribution < 1.29 is 37.3 Å². The second kappa shape index (κ2) is 9.14. The summed E-state index contributed by atoms with van der Waals surface area (Å²) in [6.07, 6.45) is -0.783. The first-order valence-corrected chi connectivity index (χ1v) is 7.97. The Morgan fingerprint density at radius 3 is 2.39 bits per heavy atom. The zero-order chi connectivity index (χ0) is 20.8. The fourth-order valence-electron chi connectivity index (χ4n) is 2.17. The van der Waals surface area contributed by atoms with Gasteiger partial charge in [-0.15, -0.1) is 0 Å². The smallest absolute Gasteiger partial charge is 0.343 e. The molecule has 148 valence electrons. The molecule has 0 aliphatic rings. The zero-order valence-electron chi connectivity index (χ0n) is 14.5. The van der Waals surface area contributed by atoms with Crippen molar-refractivity contribution in [1.29, 1.82) is 0 Å². The Kier molecular flexibility index (Phi) is 6.89. The van der Waals surface area contributed by atoms with Gasteiger partial charge in [0.1, 0.15) is 11.3 Å². The number of nitrogens with zero attached hydrogens (tertiary/aromatic N) is 1.